The van der Waals surface area contributed by atoms with Gasteiger partial charge in [-0.3, -0.25) is 9.80 Å². The Bertz CT molecular complexity index is 386. The van der Waals surface area contributed by atoms with E-state index >= 15 is 0 Å². The lowest BCUT2D eigenvalue weighted by Gasteiger charge is -2.46. The van der Waals surface area contributed by atoms with Crippen LogP contribution in [0.25, 0.3) is 0 Å². The Morgan fingerprint density at radius 2 is 2.17 bits per heavy atom. The molecule has 6 heteroatoms. The molecule has 2 bridgehead atoms. The summed E-state index contributed by atoms with van der Waals surface area (Å²) in [6.07, 6.45) is 0.817. The topological polar surface area (TPSA) is 57.4 Å². The molecule has 0 saturated carbocycles. The molecule has 1 aromatic heterocycles. The number of hydrogen-bond donors (Lipinski definition) is 1. The van der Waals surface area contributed by atoms with Crippen molar-refractivity contribution < 1.29 is 4.52 Å². The van der Waals surface area contributed by atoms with Crippen LogP contribution >= 0.6 is 0 Å². The van der Waals surface area contributed by atoms with Crippen molar-refractivity contribution in [3.8, 4) is 0 Å². The predicted octanol–water partition coefficient (Wildman–Crippen LogP) is -0.106. The molecule has 100 valence electrons. The van der Waals surface area contributed by atoms with E-state index in [1.165, 1.54) is 13.1 Å². The molecule has 0 radical (unpaired) electrons. The van der Waals surface area contributed by atoms with Gasteiger partial charge in [-0.2, -0.15) is 4.98 Å². The first-order chi connectivity index (χ1) is 8.86. The molecular formula is C12H21N5O. The molecule has 3 fully saturated rings. The Balaban J connectivity index is 1.62. The molecule has 3 aliphatic heterocycles. The van der Waals surface area contributed by atoms with Gasteiger partial charge in [-0.05, 0) is 6.54 Å². The minimum Gasteiger partial charge on any atom is -0.339 e. The van der Waals surface area contributed by atoms with Crippen molar-refractivity contribution in [3.63, 3.8) is 0 Å². The summed E-state index contributed by atoms with van der Waals surface area (Å²) in [6, 6.07) is 0.337. The first-order valence-corrected chi connectivity index (χ1v) is 6.86. The lowest BCUT2D eigenvalue weighted by atomic mass is 10.1. The van der Waals surface area contributed by atoms with Crippen molar-refractivity contribution in [3.05, 3.63) is 11.7 Å². The standard InChI is InChI=1S/C12H21N5O/c1-2-13-4-3-11-14-12(15-18-11)10-9-16-5-7-17(10)8-6-16/h10,13H,2-9H2,1H3. The number of aromatic nitrogens is 2. The maximum absolute atomic E-state index is 5.33. The normalized spacial score (nSPS) is 30.8. The fourth-order valence-electron chi connectivity index (χ4n) is 2.74. The maximum Gasteiger partial charge on any atom is 0.227 e. The molecule has 4 heterocycles. The zero-order valence-corrected chi connectivity index (χ0v) is 10.9. The maximum atomic E-state index is 5.33. The van der Waals surface area contributed by atoms with E-state index in [2.05, 4.69) is 32.2 Å². The Hall–Kier alpha value is -0.980. The lowest BCUT2D eigenvalue weighted by Crippen LogP contribution is -2.57. The van der Waals surface area contributed by atoms with Gasteiger partial charge in [0.05, 0.1) is 6.04 Å². The van der Waals surface area contributed by atoms with E-state index in [0.29, 0.717) is 6.04 Å². The molecule has 0 aliphatic carbocycles. The van der Waals surface area contributed by atoms with Gasteiger partial charge in [0.2, 0.25) is 5.89 Å². The number of piperazine rings is 3. The summed E-state index contributed by atoms with van der Waals surface area (Å²) in [5, 5.41) is 7.42. The Kier molecular flexibility index (Phi) is 3.58. The second kappa shape index (κ2) is 5.34. The number of likely N-dealkylation sites (N-methyl/N-ethyl adjacent to an activating group) is 1. The van der Waals surface area contributed by atoms with Gasteiger partial charge in [0.25, 0.3) is 0 Å². The fourth-order valence-corrected chi connectivity index (χ4v) is 2.74. The van der Waals surface area contributed by atoms with Crippen molar-refractivity contribution >= 4 is 0 Å². The minimum atomic E-state index is 0.337. The van der Waals surface area contributed by atoms with E-state index in [1.54, 1.807) is 0 Å². The third-order valence-electron chi connectivity index (χ3n) is 3.83. The van der Waals surface area contributed by atoms with E-state index in [1.807, 2.05) is 0 Å². The molecule has 1 atom stereocenters. The molecule has 0 aromatic carbocycles. The van der Waals surface area contributed by atoms with Crippen LogP contribution in [0, 0.1) is 0 Å². The number of fused-ring (bicyclic) bond motifs is 3. The average molecular weight is 251 g/mol. The molecule has 3 aliphatic rings. The van der Waals surface area contributed by atoms with Gasteiger partial charge in [0.1, 0.15) is 0 Å². The third kappa shape index (κ3) is 2.41. The van der Waals surface area contributed by atoms with Crippen LogP contribution in [0.1, 0.15) is 24.7 Å². The smallest absolute Gasteiger partial charge is 0.227 e. The molecule has 0 amide bonds. The summed E-state index contributed by atoms with van der Waals surface area (Å²) in [5.74, 6) is 1.62. The van der Waals surface area contributed by atoms with Crippen LogP contribution in [0.5, 0.6) is 0 Å². The summed E-state index contributed by atoms with van der Waals surface area (Å²) >= 11 is 0. The summed E-state index contributed by atoms with van der Waals surface area (Å²) in [7, 11) is 0. The summed E-state index contributed by atoms with van der Waals surface area (Å²) in [5.41, 5.74) is 0. The van der Waals surface area contributed by atoms with Crippen molar-refractivity contribution in [2.75, 3.05) is 45.8 Å². The van der Waals surface area contributed by atoms with Gasteiger partial charge >= 0.3 is 0 Å². The molecule has 1 aromatic rings. The van der Waals surface area contributed by atoms with E-state index in [-0.39, 0.29) is 0 Å². The van der Waals surface area contributed by atoms with E-state index in [4.69, 9.17) is 4.52 Å². The number of hydrogen-bond acceptors (Lipinski definition) is 6. The highest BCUT2D eigenvalue weighted by Crippen LogP contribution is 2.26. The second-order valence-electron chi connectivity index (χ2n) is 5.00. The number of nitrogens with zero attached hydrogens (tertiary/aromatic N) is 4. The molecule has 1 N–H and O–H groups in total. The van der Waals surface area contributed by atoms with Crippen LogP contribution in [-0.4, -0.2) is 65.8 Å². The average Bonchev–Trinajstić information content (AvgIpc) is 2.89. The van der Waals surface area contributed by atoms with Crippen LogP contribution in [0.3, 0.4) is 0 Å². The van der Waals surface area contributed by atoms with Crippen molar-refractivity contribution in [1.29, 1.82) is 0 Å². The van der Waals surface area contributed by atoms with Crippen LogP contribution in [0.2, 0.25) is 0 Å². The lowest BCUT2D eigenvalue weighted by molar-refractivity contribution is 0.00781. The van der Waals surface area contributed by atoms with Crippen LogP contribution < -0.4 is 5.32 Å². The highest BCUT2D eigenvalue weighted by atomic mass is 16.5. The summed E-state index contributed by atoms with van der Waals surface area (Å²) in [6.45, 7) is 9.65. The molecule has 1 unspecified atom stereocenters. The van der Waals surface area contributed by atoms with Gasteiger partial charge in [-0.1, -0.05) is 12.1 Å². The minimum absolute atomic E-state index is 0.337. The van der Waals surface area contributed by atoms with E-state index in [9.17, 15) is 0 Å². The highest BCUT2D eigenvalue weighted by Gasteiger charge is 2.35. The number of rotatable bonds is 5. The van der Waals surface area contributed by atoms with Crippen LogP contribution in [0.15, 0.2) is 4.52 Å². The summed E-state index contributed by atoms with van der Waals surface area (Å²) in [4.78, 5) is 9.49. The van der Waals surface area contributed by atoms with E-state index in [0.717, 1.165) is 50.9 Å². The fraction of sp³-hybridized carbons (Fsp3) is 0.833. The van der Waals surface area contributed by atoms with Gasteiger partial charge < -0.3 is 9.84 Å². The first kappa shape index (κ1) is 12.1. The molecule has 4 rings (SSSR count). The molecule has 3 saturated heterocycles. The van der Waals surface area contributed by atoms with Gasteiger partial charge in [-0.25, -0.2) is 0 Å². The van der Waals surface area contributed by atoms with Crippen molar-refractivity contribution in [2.24, 2.45) is 0 Å². The van der Waals surface area contributed by atoms with E-state index < -0.39 is 0 Å². The van der Waals surface area contributed by atoms with Crippen LogP contribution in [0.4, 0.5) is 0 Å². The van der Waals surface area contributed by atoms with Crippen LogP contribution in [-0.2, 0) is 6.42 Å². The van der Waals surface area contributed by atoms with Gasteiger partial charge in [0.15, 0.2) is 5.82 Å². The predicted molar refractivity (Wildman–Crippen MR) is 67.3 cm³/mol. The first-order valence-electron chi connectivity index (χ1n) is 6.86. The second-order valence-corrected chi connectivity index (χ2v) is 5.00. The van der Waals surface area contributed by atoms with Gasteiger partial charge in [-0.15, -0.1) is 0 Å². The largest absolute Gasteiger partial charge is 0.339 e. The molecular weight excluding hydrogens is 230 g/mol. The zero-order chi connectivity index (χ0) is 12.4. The SMILES string of the molecule is CCNCCc1nc(C2CN3CCN2CC3)no1. The molecule has 0 spiro atoms. The third-order valence-corrected chi connectivity index (χ3v) is 3.83. The monoisotopic (exact) mass is 251 g/mol. The van der Waals surface area contributed by atoms with Crippen molar-refractivity contribution in [2.45, 2.75) is 19.4 Å². The van der Waals surface area contributed by atoms with Gasteiger partial charge in [0, 0.05) is 45.7 Å². The number of nitrogens with one attached hydrogen (secondary N) is 1. The molecule has 6 nitrogen and oxygen atoms in total. The Morgan fingerprint density at radius 3 is 2.83 bits per heavy atom. The van der Waals surface area contributed by atoms with Crippen molar-refractivity contribution in [1.82, 2.24) is 25.3 Å². The zero-order valence-electron chi connectivity index (χ0n) is 10.9. The Labute approximate surface area is 107 Å². The summed E-state index contributed by atoms with van der Waals surface area (Å²) < 4.78 is 5.33. The highest BCUT2D eigenvalue weighted by molar-refractivity contribution is 5.01. The quantitative estimate of drug-likeness (QED) is 0.737. The Morgan fingerprint density at radius 1 is 1.33 bits per heavy atom. The molecule has 18 heavy (non-hydrogen) atoms.